The van der Waals surface area contributed by atoms with E-state index in [9.17, 15) is 4.79 Å². The molecule has 0 radical (unpaired) electrons. The van der Waals surface area contributed by atoms with Crippen LogP contribution in [0.2, 0.25) is 5.02 Å². The van der Waals surface area contributed by atoms with E-state index in [1.807, 2.05) is 18.2 Å². The average molecular weight is 339 g/mol. The number of aromatic amines is 1. The fourth-order valence-corrected chi connectivity index (χ4v) is 3.25. The molecule has 3 aromatic rings. The van der Waals surface area contributed by atoms with Crippen molar-refractivity contribution in [2.24, 2.45) is 5.10 Å². The van der Waals surface area contributed by atoms with E-state index in [0.717, 1.165) is 46.6 Å². The highest BCUT2D eigenvalue weighted by atomic mass is 35.5. The van der Waals surface area contributed by atoms with Crippen LogP contribution in [-0.2, 0) is 6.42 Å². The van der Waals surface area contributed by atoms with E-state index in [0.29, 0.717) is 5.56 Å². The van der Waals surface area contributed by atoms with Crippen LogP contribution in [0.5, 0.6) is 0 Å². The largest absolute Gasteiger partial charge is 0.353 e. The molecule has 0 spiro atoms. The van der Waals surface area contributed by atoms with Crippen molar-refractivity contribution in [3.05, 3.63) is 64.6 Å². The highest BCUT2D eigenvalue weighted by molar-refractivity contribution is 6.31. The number of H-pyrrole nitrogens is 1. The van der Waals surface area contributed by atoms with Crippen LogP contribution in [0.15, 0.2) is 47.8 Å². The third-order valence-corrected chi connectivity index (χ3v) is 4.47. The topological polar surface area (TPSA) is 70.1 Å². The lowest BCUT2D eigenvalue weighted by Gasteiger charge is -2.14. The van der Waals surface area contributed by atoms with E-state index < -0.39 is 0 Å². The van der Waals surface area contributed by atoms with Crippen molar-refractivity contribution in [1.29, 1.82) is 0 Å². The molecule has 120 valence electrons. The predicted molar refractivity (Wildman–Crippen MR) is 94.5 cm³/mol. The maximum absolute atomic E-state index is 12.1. The minimum absolute atomic E-state index is 0.240. The molecular formula is C18H15ClN4O. The van der Waals surface area contributed by atoms with Crippen LogP contribution in [0.4, 0.5) is 0 Å². The van der Waals surface area contributed by atoms with Gasteiger partial charge in [0, 0.05) is 33.9 Å². The Balaban J connectivity index is 1.66. The van der Waals surface area contributed by atoms with Crippen molar-refractivity contribution in [1.82, 2.24) is 15.4 Å². The Kier molecular flexibility index (Phi) is 3.78. The van der Waals surface area contributed by atoms with Crippen LogP contribution in [0.25, 0.3) is 10.9 Å². The van der Waals surface area contributed by atoms with Crippen LogP contribution in [0.3, 0.4) is 0 Å². The molecule has 1 amide bonds. The molecule has 2 heterocycles. The number of halogens is 1. The second kappa shape index (κ2) is 6.09. The molecule has 0 aliphatic heterocycles. The van der Waals surface area contributed by atoms with Crippen LogP contribution >= 0.6 is 11.6 Å². The number of fused-ring (bicyclic) bond motifs is 3. The summed E-state index contributed by atoms with van der Waals surface area (Å²) in [6.07, 6.45) is 5.97. The smallest absolute Gasteiger partial charge is 0.271 e. The lowest BCUT2D eigenvalue weighted by molar-refractivity contribution is 0.0954. The lowest BCUT2D eigenvalue weighted by Crippen LogP contribution is -2.22. The number of rotatable bonds is 2. The van der Waals surface area contributed by atoms with Gasteiger partial charge < -0.3 is 4.98 Å². The minimum atomic E-state index is -0.240. The molecule has 0 unspecified atom stereocenters. The lowest BCUT2D eigenvalue weighted by atomic mass is 9.94. The van der Waals surface area contributed by atoms with Crippen molar-refractivity contribution in [2.45, 2.75) is 19.3 Å². The first kappa shape index (κ1) is 14.9. The summed E-state index contributed by atoms with van der Waals surface area (Å²) in [5.41, 5.74) is 7.30. The van der Waals surface area contributed by atoms with E-state index in [4.69, 9.17) is 11.6 Å². The van der Waals surface area contributed by atoms with Gasteiger partial charge in [0.25, 0.3) is 5.91 Å². The molecule has 5 nitrogen and oxygen atoms in total. The maximum atomic E-state index is 12.1. The predicted octanol–water partition coefficient (Wildman–Crippen LogP) is 3.69. The number of nitrogens with one attached hydrogen (secondary N) is 2. The first-order valence-corrected chi connectivity index (χ1v) is 8.17. The third-order valence-electron chi connectivity index (χ3n) is 4.23. The van der Waals surface area contributed by atoms with Gasteiger partial charge in [-0.25, -0.2) is 5.43 Å². The highest BCUT2D eigenvalue weighted by Gasteiger charge is 2.21. The SMILES string of the molecule is O=C(NN=C1CCCc2c1[nH]c1ccc(Cl)cc21)c1ccncc1. The number of nitrogens with zero attached hydrogens (tertiary/aromatic N) is 2. The summed E-state index contributed by atoms with van der Waals surface area (Å²) >= 11 is 6.12. The molecule has 4 rings (SSSR count). The van der Waals surface area contributed by atoms with Crippen LogP contribution in [0, 0.1) is 0 Å². The number of hydrogen-bond donors (Lipinski definition) is 2. The Labute approximate surface area is 143 Å². The summed E-state index contributed by atoms with van der Waals surface area (Å²) in [4.78, 5) is 19.5. The monoisotopic (exact) mass is 338 g/mol. The first-order valence-electron chi connectivity index (χ1n) is 7.80. The molecule has 0 fully saturated rings. The molecule has 24 heavy (non-hydrogen) atoms. The summed E-state index contributed by atoms with van der Waals surface area (Å²) < 4.78 is 0. The fourth-order valence-electron chi connectivity index (χ4n) is 3.08. The normalized spacial score (nSPS) is 15.5. The van der Waals surface area contributed by atoms with E-state index in [-0.39, 0.29) is 5.91 Å². The van der Waals surface area contributed by atoms with Crippen molar-refractivity contribution >= 4 is 34.1 Å². The van der Waals surface area contributed by atoms with E-state index in [2.05, 4.69) is 20.5 Å². The summed E-state index contributed by atoms with van der Waals surface area (Å²) in [6, 6.07) is 9.14. The third kappa shape index (κ3) is 2.67. The summed E-state index contributed by atoms with van der Waals surface area (Å²) in [5, 5.41) is 6.20. The zero-order valence-corrected chi connectivity index (χ0v) is 13.6. The second-order valence-corrected chi connectivity index (χ2v) is 6.19. The first-order chi connectivity index (χ1) is 11.7. The molecule has 2 N–H and O–H groups in total. The van der Waals surface area contributed by atoms with E-state index in [1.54, 1.807) is 24.5 Å². The average Bonchev–Trinajstić information content (AvgIpc) is 2.99. The van der Waals surface area contributed by atoms with Gasteiger partial charge in [-0.3, -0.25) is 9.78 Å². The number of aromatic nitrogens is 2. The Morgan fingerprint density at radius 1 is 1.21 bits per heavy atom. The van der Waals surface area contributed by atoms with Gasteiger partial charge in [-0.1, -0.05) is 11.6 Å². The Hall–Kier alpha value is -2.66. The standard InChI is InChI=1S/C18H15ClN4O/c19-12-4-5-15-14(10-12)13-2-1-3-16(17(13)21-15)22-23-18(24)11-6-8-20-9-7-11/h4-10,21H,1-3H2,(H,23,24). The molecule has 0 saturated carbocycles. The summed E-state index contributed by atoms with van der Waals surface area (Å²) in [6.45, 7) is 0. The highest BCUT2D eigenvalue weighted by Crippen LogP contribution is 2.31. The maximum Gasteiger partial charge on any atom is 0.271 e. The van der Waals surface area contributed by atoms with Crippen molar-refractivity contribution in [3.63, 3.8) is 0 Å². The quantitative estimate of drug-likeness (QED) is 0.700. The van der Waals surface area contributed by atoms with Gasteiger partial charge in [0.2, 0.25) is 0 Å². The number of carbonyl (C=O) groups is 1. The van der Waals surface area contributed by atoms with Crippen LogP contribution < -0.4 is 5.43 Å². The van der Waals surface area contributed by atoms with Crippen molar-refractivity contribution < 1.29 is 4.79 Å². The van der Waals surface area contributed by atoms with Crippen LogP contribution in [0.1, 0.15) is 34.5 Å². The Morgan fingerprint density at radius 2 is 2.04 bits per heavy atom. The van der Waals surface area contributed by atoms with E-state index >= 15 is 0 Å². The Bertz CT molecular complexity index is 946. The van der Waals surface area contributed by atoms with Gasteiger partial charge in [0.05, 0.1) is 11.4 Å². The molecule has 6 heteroatoms. The van der Waals surface area contributed by atoms with Gasteiger partial charge in [-0.15, -0.1) is 0 Å². The van der Waals surface area contributed by atoms with E-state index in [1.165, 1.54) is 5.56 Å². The number of hydrogen-bond acceptors (Lipinski definition) is 3. The fraction of sp³-hybridized carbons (Fsp3) is 0.167. The van der Waals surface area contributed by atoms with Crippen LogP contribution in [-0.4, -0.2) is 21.6 Å². The van der Waals surface area contributed by atoms with Gasteiger partial charge in [0.15, 0.2) is 0 Å². The molecule has 1 aliphatic carbocycles. The number of benzene rings is 1. The van der Waals surface area contributed by atoms with Crippen molar-refractivity contribution in [3.8, 4) is 0 Å². The Morgan fingerprint density at radius 3 is 2.88 bits per heavy atom. The summed E-state index contributed by atoms with van der Waals surface area (Å²) in [5.74, 6) is -0.240. The van der Waals surface area contributed by atoms with Gasteiger partial charge in [-0.05, 0) is 55.2 Å². The van der Waals surface area contributed by atoms with Crippen molar-refractivity contribution in [2.75, 3.05) is 0 Å². The number of carbonyl (C=O) groups excluding carboxylic acids is 1. The molecule has 0 atom stereocenters. The molecule has 1 aliphatic rings. The number of hydrazone groups is 1. The number of pyridine rings is 1. The molecule has 1 aromatic carbocycles. The zero-order chi connectivity index (χ0) is 16.5. The second-order valence-electron chi connectivity index (χ2n) is 5.76. The molecular weight excluding hydrogens is 324 g/mol. The molecule has 0 bridgehead atoms. The number of aryl methyl sites for hydroxylation is 1. The van der Waals surface area contributed by atoms with Gasteiger partial charge >= 0.3 is 0 Å². The molecule has 2 aromatic heterocycles. The molecule has 0 saturated heterocycles. The minimum Gasteiger partial charge on any atom is -0.353 e. The van der Waals surface area contributed by atoms with Gasteiger partial charge in [0.1, 0.15) is 0 Å². The van der Waals surface area contributed by atoms with Gasteiger partial charge in [-0.2, -0.15) is 5.10 Å². The number of amides is 1. The zero-order valence-electron chi connectivity index (χ0n) is 12.8. The summed E-state index contributed by atoms with van der Waals surface area (Å²) in [7, 11) is 0.